The Bertz CT molecular complexity index is 411. The molecule has 7 heteroatoms. The average Bonchev–Trinajstić information content (AvgIpc) is 3.17. The van der Waals surface area contributed by atoms with E-state index in [0.717, 1.165) is 32.6 Å². The maximum atomic E-state index is 12.6. The Morgan fingerprint density at radius 1 is 1.10 bits per heavy atom. The smallest absolute Gasteiger partial charge is 0.328 e. The van der Waals surface area contributed by atoms with E-state index >= 15 is 0 Å². The number of urea groups is 1. The van der Waals surface area contributed by atoms with Crippen molar-refractivity contribution in [3.8, 4) is 0 Å². The molecule has 3 aliphatic rings. The third-order valence-corrected chi connectivity index (χ3v) is 4.75. The van der Waals surface area contributed by atoms with E-state index in [0.29, 0.717) is 19.2 Å². The summed E-state index contributed by atoms with van der Waals surface area (Å²) in [6.07, 6.45) is 3.48. The lowest BCUT2D eigenvalue weighted by Crippen LogP contribution is -2.56. The molecule has 3 saturated heterocycles. The maximum Gasteiger partial charge on any atom is 0.328 e. The van der Waals surface area contributed by atoms with Crippen molar-refractivity contribution in [3.63, 3.8) is 0 Å². The zero-order valence-corrected chi connectivity index (χ0v) is 12.2. The lowest BCUT2D eigenvalue weighted by Gasteiger charge is -2.35. The second kappa shape index (κ2) is 6.19. The van der Waals surface area contributed by atoms with E-state index in [1.165, 1.54) is 17.7 Å². The fraction of sp³-hybridized carbons (Fsp3) is 0.857. The summed E-state index contributed by atoms with van der Waals surface area (Å²) in [4.78, 5) is 29.6. The fourth-order valence-corrected chi connectivity index (χ4v) is 3.54. The summed E-state index contributed by atoms with van der Waals surface area (Å²) >= 11 is 0. The number of hydrogen-bond donors (Lipinski definition) is 1. The van der Waals surface area contributed by atoms with Gasteiger partial charge in [-0.15, -0.1) is 0 Å². The van der Waals surface area contributed by atoms with Crippen LogP contribution in [0.1, 0.15) is 19.3 Å². The van der Waals surface area contributed by atoms with Crippen molar-refractivity contribution in [3.05, 3.63) is 0 Å². The first-order valence-corrected chi connectivity index (χ1v) is 7.77. The van der Waals surface area contributed by atoms with Crippen LogP contribution < -0.4 is 0 Å². The number of carboxylic acid groups (broad SMARTS) is 1. The van der Waals surface area contributed by atoms with E-state index in [-0.39, 0.29) is 12.6 Å². The summed E-state index contributed by atoms with van der Waals surface area (Å²) < 4.78 is 5.19. The van der Waals surface area contributed by atoms with Crippen molar-refractivity contribution < 1.29 is 19.4 Å². The van der Waals surface area contributed by atoms with Crippen LogP contribution in [0.2, 0.25) is 0 Å². The molecular formula is C14H23N3O4. The maximum absolute atomic E-state index is 12.6. The van der Waals surface area contributed by atoms with Crippen LogP contribution in [-0.4, -0.2) is 89.8 Å². The second-order valence-electron chi connectivity index (χ2n) is 6.04. The fourth-order valence-electron chi connectivity index (χ4n) is 3.54. The summed E-state index contributed by atoms with van der Waals surface area (Å²) in [6, 6.07) is -0.551. The number of morpholine rings is 1. The lowest BCUT2D eigenvalue weighted by molar-refractivity contribution is -0.147. The molecule has 2 atom stereocenters. The molecule has 0 saturated carbocycles. The molecule has 2 amide bonds. The molecule has 1 N–H and O–H groups in total. The van der Waals surface area contributed by atoms with E-state index in [1.54, 1.807) is 0 Å². The van der Waals surface area contributed by atoms with Gasteiger partial charge in [0.1, 0.15) is 0 Å². The van der Waals surface area contributed by atoms with Crippen LogP contribution in [0.15, 0.2) is 0 Å². The Labute approximate surface area is 124 Å². The molecule has 0 bridgehead atoms. The molecule has 7 nitrogen and oxygen atoms in total. The number of amides is 2. The SMILES string of the molecule is O=C(O)C1COCCN1C(=O)N1CCC(N2CCCC2)C1. The summed E-state index contributed by atoms with van der Waals surface area (Å²) in [5, 5.41) is 9.22. The van der Waals surface area contributed by atoms with E-state index < -0.39 is 12.0 Å². The molecule has 2 unspecified atom stereocenters. The third-order valence-electron chi connectivity index (χ3n) is 4.75. The van der Waals surface area contributed by atoms with E-state index in [2.05, 4.69) is 4.90 Å². The molecular weight excluding hydrogens is 274 g/mol. The van der Waals surface area contributed by atoms with E-state index in [1.807, 2.05) is 4.90 Å². The zero-order chi connectivity index (χ0) is 14.8. The van der Waals surface area contributed by atoms with Crippen molar-refractivity contribution in [1.29, 1.82) is 0 Å². The highest BCUT2D eigenvalue weighted by Gasteiger charge is 2.38. The van der Waals surface area contributed by atoms with Gasteiger partial charge in [-0.05, 0) is 32.4 Å². The largest absolute Gasteiger partial charge is 0.480 e. The predicted molar refractivity (Wildman–Crippen MR) is 75.1 cm³/mol. The normalized spacial score (nSPS) is 30.9. The number of nitrogens with zero attached hydrogens (tertiary/aromatic N) is 3. The van der Waals surface area contributed by atoms with Crippen LogP contribution in [0.5, 0.6) is 0 Å². The zero-order valence-electron chi connectivity index (χ0n) is 12.2. The average molecular weight is 297 g/mol. The molecule has 118 valence electrons. The first kappa shape index (κ1) is 14.6. The molecule has 3 aliphatic heterocycles. The number of aliphatic carboxylic acids is 1. The van der Waals surface area contributed by atoms with Gasteiger partial charge in [-0.3, -0.25) is 4.90 Å². The number of carboxylic acids is 1. The highest BCUT2D eigenvalue weighted by Crippen LogP contribution is 2.22. The summed E-state index contributed by atoms with van der Waals surface area (Å²) in [6.45, 7) is 4.57. The summed E-state index contributed by atoms with van der Waals surface area (Å²) in [7, 11) is 0. The number of likely N-dealkylation sites (tertiary alicyclic amines) is 2. The highest BCUT2D eigenvalue weighted by atomic mass is 16.5. The van der Waals surface area contributed by atoms with Crippen molar-refractivity contribution in [1.82, 2.24) is 14.7 Å². The number of carbonyl (C=O) groups is 2. The summed E-state index contributed by atoms with van der Waals surface area (Å²) in [5.74, 6) is -0.988. The molecule has 0 aromatic heterocycles. The molecule has 3 heterocycles. The molecule has 0 aromatic rings. The summed E-state index contributed by atoms with van der Waals surface area (Å²) in [5.41, 5.74) is 0. The van der Waals surface area contributed by atoms with Crippen LogP contribution in [-0.2, 0) is 9.53 Å². The van der Waals surface area contributed by atoms with Gasteiger partial charge in [0, 0.05) is 25.7 Å². The molecule has 3 rings (SSSR count). The predicted octanol–water partition coefficient (Wildman–Crippen LogP) is 0.0619. The minimum atomic E-state index is -0.988. The van der Waals surface area contributed by atoms with Gasteiger partial charge in [-0.2, -0.15) is 0 Å². The van der Waals surface area contributed by atoms with Gasteiger partial charge >= 0.3 is 12.0 Å². The lowest BCUT2D eigenvalue weighted by atomic mass is 10.2. The Hall–Kier alpha value is -1.34. The number of rotatable bonds is 2. The Balaban J connectivity index is 1.60. The first-order chi connectivity index (χ1) is 10.2. The van der Waals surface area contributed by atoms with Gasteiger partial charge < -0.3 is 19.6 Å². The van der Waals surface area contributed by atoms with E-state index in [4.69, 9.17) is 4.74 Å². The molecule has 0 aliphatic carbocycles. The van der Waals surface area contributed by atoms with Crippen LogP contribution in [0.4, 0.5) is 4.79 Å². The van der Waals surface area contributed by atoms with Gasteiger partial charge in [0.25, 0.3) is 0 Å². The van der Waals surface area contributed by atoms with Crippen molar-refractivity contribution in [2.45, 2.75) is 31.3 Å². The van der Waals surface area contributed by atoms with Crippen molar-refractivity contribution in [2.24, 2.45) is 0 Å². The monoisotopic (exact) mass is 297 g/mol. The quantitative estimate of drug-likeness (QED) is 0.780. The molecule has 3 fully saturated rings. The first-order valence-electron chi connectivity index (χ1n) is 7.77. The minimum Gasteiger partial charge on any atom is -0.480 e. The Morgan fingerprint density at radius 2 is 1.86 bits per heavy atom. The number of hydrogen-bond acceptors (Lipinski definition) is 4. The Morgan fingerprint density at radius 3 is 2.57 bits per heavy atom. The van der Waals surface area contributed by atoms with Gasteiger partial charge in [-0.25, -0.2) is 9.59 Å². The van der Waals surface area contributed by atoms with Crippen LogP contribution in [0.3, 0.4) is 0 Å². The van der Waals surface area contributed by atoms with Gasteiger partial charge in [0.05, 0.1) is 13.2 Å². The highest BCUT2D eigenvalue weighted by molar-refractivity contribution is 5.83. The molecule has 0 radical (unpaired) electrons. The van der Waals surface area contributed by atoms with Crippen LogP contribution in [0.25, 0.3) is 0 Å². The standard InChI is InChI=1S/C14H23N3O4/c18-13(19)12-10-21-8-7-17(12)14(20)16-6-3-11(9-16)15-4-1-2-5-15/h11-12H,1-10H2,(H,18,19). The topological polar surface area (TPSA) is 73.3 Å². The molecule has 21 heavy (non-hydrogen) atoms. The van der Waals surface area contributed by atoms with Crippen molar-refractivity contribution in [2.75, 3.05) is 45.9 Å². The molecule has 0 spiro atoms. The third kappa shape index (κ3) is 2.98. The van der Waals surface area contributed by atoms with Gasteiger partial charge in [0.15, 0.2) is 6.04 Å². The molecule has 0 aromatic carbocycles. The van der Waals surface area contributed by atoms with Gasteiger partial charge in [0.2, 0.25) is 0 Å². The van der Waals surface area contributed by atoms with Crippen molar-refractivity contribution >= 4 is 12.0 Å². The second-order valence-corrected chi connectivity index (χ2v) is 6.04. The minimum absolute atomic E-state index is 0.0878. The van der Waals surface area contributed by atoms with Crippen LogP contribution >= 0.6 is 0 Å². The van der Waals surface area contributed by atoms with Gasteiger partial charge in [-0.1, -0.05) is 0 Å². The number of carbonyl (C=O) groups excluding carboxylic acids is 1. The number of ether oxygens (including phenoxy) is 1. The Kier molecular flexibility index (Phi) is 4.30. The van der Waals surface area contributed by atoms with Crippen LogP contribution in [0, 0.1) is 0 Å². The van der Waals surface area contributed by atoms with E-state index in [9.17, 15) is 14.7 Å².